The third-order valence-electron chi connectivity index (χ3n) is 2.54. The Bertz CT molecular complexity index is 258. The van der Waals surface area contributed by atoms with Crippen LogP contribution in [0.15, 0.2) is 35.5 Å². The molecule has 1 unspecified atom stereocenters. The van der Waals surface area contributed by atoms with Crippen LogP contribution in [0.25, 0.3) is 0 Å². The Labute approximate surface area is 101 Å². The number of unbranched alkanes of at least 4 members (excludes halogenated alkanes) is 1. The summed E-state index contributed by atoms with van der Waals surface area (Å²) in [6.07, 6.45) is 14.2. The van der Waals surface area contributed by atoms with Gasteiger partial charge in [0, 0.05) is 3.92 Å². The maximum Gasteiger partial charge on any atom is 0.0332 e. The zero-order valence-corrected chi connectivity index (χ0v) is 11.3. The van der Waals surface area contributed by atoms with Gasteiger partial charge in [-0.15, -0.1) is 0 Å². The van der Waals surface area contributed by atoms with Gasteiger partial charge in [-0.1, -0.05) is 60.2 Å². The van der Waals surface area contributed by atoms with Gasteiger partial charge in [-0.2, -0.15) is 0 Å². The van der Waals surface area contributed by atoms with Crippen molar-refractivity contribution in [3.63, 3.8) is 0 Å². The number of allylic oxidation sites excluding steroid dienone is 6. The highest BCUT2D eigenvalue weighted by atomic mass is 127. The van der Waals surface area contributed by atoms with Crippen LogP contribution in [0.1, 0.15) is 39.5 Å². The van der Waals surface area contributed by atoms with E-state index in [0.29, 0.717) is 3.92 Å². The summed E-state index contributed by atoms with van der Waals surface area (Å²) in [6.45, 7) is 4.40. The number of alkyl halides is 1. The van der Waals surface area contributed by atoms with E-state index in [9.17, 15) is 0 Å². The van der Waals surface area contributed by atoms with E-state index in [2.05, 4.69) is 60.7 Å². The Balaban J connectivity index is 2.65. The van der Waals surface area contributed by atoms with Gasteiger partial charge in [0.05, 0.1) is 0 Å². The molecule has 1 rings (SSSR count). The molecular weight excluding hydrogens is 283 g/mol. The molecule has 0 nitrogen and oxygen atoms in total. The molecule has 0 heterocycles. The van der Waals surface area contributed by atoms with E-state index in [1.54, 1.807) is 0 Å². The maximum atomic E-state index is 2.50. The van der Waals surface area contributed by atoms with Gasteiger partial charge in [0.1, 0.15) is 0 Å². The molecule has 0 saturated carbocycles. The van der Waals surface area contributed by atoms with Crippen molar-refractivity contribution in [3.05, 3.63) is 35.5 Å². The van der Waals surface area contributed by atoms with Crippen molar-refractivity contribution in [2.24, 2.45) is 0 Å². The van der Waals surface area contributed by atoms with Gasteiger partial charge in [0.2, 0.25) is 0 Å². The minimum atomic E-state index is 0.684. The minimum Gasteiger partial charge on any atom is -0.0839 e. The molecule has 0 bridgehead atoms. The minimum absolute atomic E-state index is 0.684. The molecule has 0 fully saturated rings. The summed E-state index contributed by atoms with van der Waals surface area (Å²) in [5, 5.41) is 0. The number of hydrogen-bond donors (Lipinski definition) is 0. The molecule has 0 N–H and O–H groups in total. The topological polar surface area (TPSA) is 0 Å². The lowest BCUT2D eigenvalue weighted by Crippen LogP contribution is -1.99. The van der Waals surface area contributed by atoms with Crippen LogP contribution < -0.4 is 0 Å². The molecule has 0 aliphatic heterocycles. The lowest BCUT2D eigenvalue weighted by Gasteiger charge is -2.14. The largest absolute Gasteiger partial charge is 0.0839 e. The highest BCUT2D eigenvalue weighted by Gasteiger charge is 2.08. The Kier molecular flexibility index (Phi) is 5.53. The van der Waals surface area contributed by atoms with E-state index in [-0.39, 0.29) is 0 Å². The predicted octanol–water partition coefficient (Wildman–Crippen LogP) is 4.81. The Morgan fingerprint density at radius 3 is 3.00 bits per heavy atom. The van der Waals surface area contributed by atoms with Gasteiger partial charge in [0.25, 0.3) is 0 Å². The quantitative estimate of drug-likeness (QED) is 0.516. The Morgan fingerprint density at radius 1 is 1.64 bits per heavy atom. The zero-order valence-electron chi connectivity index (χ0n) is 9.09. The van der Waals surface area contributed by atoms with E-state index in [1.165, 1.54) is 36.8 Å². The van der Waals surface area contributed by atoms with Crippen LogP contribution in [-0.4, -0.2) is 3.92 Å². The van der Waals surface area contributed by atoms with Crippen LogP contribution in [0.2, 0.25) is 0 Å². The van der Waals surface area contributed by atoms with Crippen molar-refractivity contribution in [3.8, 4) is 0 Å². The molecule has 0 spiro atoms. The highest BCUT2D eigenvalue weighted by Crippen LogP contribution is 2.25. The number of halogens is 1. The van der Waals surface area contributed by atoms with Crippen LogP contribution in [0.5, 0.6) is 0 Å². The van der Waals surface area contributed by atoms with Crippen molar-refractivity contribution < 1.29 is 0 Å². The van der Waals surface area contributed by atoms with Crippen LogP contribution >= 0.6 is 22.6 Å². The molecule has 0 amide bonds. The molecule has 1 heteroatoms. The second-order valence-corrected chi connectivity index (χ2v) is 5.29. The number of hydrogen-bond acceptors (Lipinski definition) is 0. The first-order chi connectivity index (χ1) is 6.77. The third-order valence-corrected chi connectivity index (χ3v) is 3.41. The molecule has 0 aromatic carbocycles. The van der Waals surface area contributed by atoms with E-state index in [1.807, 2.05) is 0 Å². The normalized spacial score (nSPS) is 22.4. The molecule has 0 saturated heterocycles. The molecule has 0 radical (unpaired) electrons. The lowest BCUT2D eigenvalue weighted by molar-refractivity contribution is 0.791. The van der Waals surface area contributed by atoms with E-state index in [4.69, 9.17) is 0 Å². The summed E-state index contributed by atoms with van der Waals surface area (Å²) in [7, 11) is 0. The fourth-order valence-corrected chi connectivity index (χ4v) is 2.36. The van der Waals surface area contributed by atoms with Gasteiger partial charge < -0.3 is 0 Å². The lowest BCUT2D eigenvalue weighted by atomic mass is 9.95. The van der Waals surface area contributed by atoms with Crippen LogP contribution in [-0.2, 0) is 0 Å². The van der Waals surface area contributed by atoms with Gasteiger partial charge in [-0.05, 0) is 37.3 Å². The average Bonchev–Trinajstić information content (AvgIpc) is 2.19. The molecule has 14 heavy (non-hydrogen) atoms. The molecule has 78 valence electrons. The summed E-state index contributed by atoms with van der Waals surface area (Å²) in [5.74, 6) is 0. The van der Waals surface area contributed by atoms with Crippen molar-refractivity contribution in [1.82, 2.24) is 0 Å². The summed E-state index contributed by atoms with van der Waals surface area (Å²) in [5.41, 5.74) is 2.97. The second kappa shape index (κ2) is 6.44. The standard InChI is InChI=1S/C13H19I/c1-3-5-7-11(4-2)12-8-6-9-13(14)10-12/h4,6,8,10,13H,3,5,7,9H2,1-2H3/b11-4+. The van der Waals surface area contributed by atoms with Gasteiger partial charge in [0.15, 0.2) is 0 Å². The molecule has 0 aromatic rings. The first kappa shape index (κ1) is 12.0. The van der Waals surface area contributed by atoms with Crippen LogP contribution in [0.4, 0.5) is 0 Å². The SMILES string of the molecule is C/C=C(\CCCC)C1=CC(I)CC=C1. The van der Waals surface area contributed by atoms with Crippen molar-refractivity contribution >= 4 is 22.6 Å². The second-order valence-electron chi connectivity index (χ2n) is 3.69. The fourth-order valence-electron chi connectivity index (χ4n) is 1.68. The van der Waals surface area contributed by atoms with E-state index >= 15 is 0 Å². The third kappa shape index (κ3) is 3.60. The monoisotopic (exact) mass is 302 g/mol. The summed E-state index contributed by atoms with van der Waals surface area (Å²) < 4.78 is 0.684. The number of rotatable bonds is 4. The van der Waals surface area contributed by atoms with Gasteiger partial charge >= 0.3 is 0 Å². The Hall–Kier alpha value is -0.0500. The first-order valence-corrected chi connectivity index (χ1v) is 6.70. The Morgan fingerprint density at radius 2 is 2.43 bits per heavy atom. The van der Waals surface area contributed by atoms with E-state index < -0.39 is 0 Å². The molecule has 0 aromatic heterocycles. The predicted molar refractivity (Wildman–Crippen MR) is 72.9 cm³/mol. The smallest absolute Gasteiger partial charge is 0.0332 e. The fraction of sp³-hybridized carbons (Fsp3) is 0.538. The summed E-state index contributed by atoms with van der Waals surface area (Å²) in [4.78, 5) is 0. The average molecular weight is 302 g/mol. The van der Waals surface area contributed by atoms with Crippen molar-refractivity contribution in [2.75, 3.05) is 0 Å². The van der Waals surface area contributed by atoms with Gasteiger partial charge in [-0.3, -0.25) is 0 Å². The molecule has 1 atom stereocenters. The van der Waals surface area contributed by atoms with Crippen molar-refractivity contribution in [1.29, 1.82) is 0 Å². The summed E-state index contributed by atoms with van der Waals surface area (Å²) >= 11 is 2.50. The molecule has 1 aliphatic rings. The van der Waals surface area contributed by atoms with Gasteiger partial charge in [-0.25, -0.2) is 0 Å². The highest BCUT2D eigenvalue weighted by molar-refractivity contribution is 14.1. The van der Waals surface area contributed by atoms with Crippen LogP contribution in [0.3, 0.4) is 0 Å². The zero-order chi connectivity index (χ0) is 10.4. The summed E-state index contributed by atoms with van der Waals surface area (Å²) in [6, 6.07) is 0. The molecular formula is C13H19I. The maximum absolute atomic E-state index is 2.50. The van der Waals surface area contributed by atoms with Crippen LogP contribution in [0, 0.1) is 0 Å². The van der Waals surface area contributed by atoms with Crippen molar-refractivity contribution in [2.45, 2.75) is 43.5 Å². The molecule has 1 aliphatic carbocycles. The van der Waals surface area contributed by atoms with E-state index in [0.717, 1.165) is 0 Å². The first-order valence-electron chi connectivity index (χ1n) is 5.46.